The van der Waals surface area contributed by atoms with E-state index in [4.69, 9.17) is 13.9 Å². The van der Waals surface area contributed by atoms with Crippen LogP contribution < -0.4 is 10.4 Å². The zero-order valence-corrected chi connectivity index (χ0v) is 27.9. The number of allylic oxidation sites excluding steroid dienone is 1. The van der Waals surface area contributed by atoms with Crippen molar-refractivity contribution in [3.05, 3.63) is 84.0 Å². The van der Waals surface area contributed by atoms with Crippen LogP contribution in [-0.2, 0) is 13.9 Å². The van der Waals surface area contributed by atoms with E-state index in [1.807, 2.05) is 0 Å². The summed E-state index contributed by atoms with van der Waals surface area (Å²) < 4.78 is 20.4. The Bertz CT molecular complexity index is 1280. The lowest BCUT2D eigenvalue weighted by molar-refractivity contribution is -0.289. The Morgan fingerprint density at radius 1 is 0.952 bits per heavy atom. The molecule has 4 fully saturated rings. The molecule has 0 N–H and O–H groups in total. The van der Waals surface area contributed by atoms with E-state index in [2.05, 4.69) is 109 Å². The highest BCUT2D eigenvalue weighted by atomic mass is 28.4. The molecule has 5 aliphatic rings. The highest BCUT2D eigenvalue weighted by molar-refractivity contribution is 6.99. The average Bonchev–Trinajstić information content (AvgIpc) is 3.59. The number of ether oxygens (including phenoxy) is 2. The van der Waals surface area contributed by atoms with Crippen molar-refractivity contribution in [2.75, 3.05) is 19.8 Å². The van der Waals surface area contributed by atoms with Crippen LogP contribution in [0.3, 0.4) is 0 Å². The van der Waals surface area contributed by atoms with E-state index < -0.39 is 14.1 Å². The maximum atomic E-state index is 7.26. The molecule has 1 heterocycles. The van der Waals surface area contributed by atoms with E-state index in [9.17, 15) is 0 Å². The summed E-state index contributed by atoms with van der Waals surface area (Å²) in [5, 5.41) is 2.62. The third kappa shape index (κ3) is 4.55. The summed E-state index contributed by atoms with van der Waals surface area (Å²) in [5.74, 6) is 0.741. The summed E-state index contributed by atoms with van der Waals surface area (Å²) in [7, 11) is -2.58. The van der Waals surface area contributed by atoms with Crippen LogP contribution in [0.4, 0.5) is 0 Å². The fraction of sp³-hybridized carbons (Fsp3) is 0.579. The smallest absolute Gasteiger partial charge is 0.261 e. The van der Waals surface area contributed by atoms with Gasteiger partial charge in [0.1, 0.15) is 0 Å². The van der Waals surface area contributed by atoms with Crippen molar-refractivity contribution in [1.82, 2.24) is 0 Å². The molecule has 226 valence electrons. The lowest BCUT2D eigenvalue weighted by atomic mass is 9.44. The fourth-order valence-corrected chi connectivity index (χ4v) is 14.2. The lowest BCUT2D eigenvalue weighted by Gasteiger charge is -2.64. The molecular weight excluding hydrogens is 533 g/mol. The van der Waals surface area contributed by atoms with Gasteiger partial charge in [-0.15, -0.1) is 0 Å². The lowest BCUT2D eigenvalue weighted by Crippen LogP contribution is -2.66. The predicted octanol–water partition coefficient (Wildman–Crippen LogP) is 8.20. The van der Waals surface area contributed by atoms with Crippen molar-refractivity contribution < 1.29 is 13.9 Å². The van der Waals surface area contributed by atoms with E-state index in [0.29, 0.717) is 18.4 Å². The van der Waals surface area contributed by atoms with Crippen LogP contribution in [0.5, 0.6) is 0 Å². The van der Waals surface area contributed by atoms with Gasteiger partial charge >= 0.3 is 0 Å². The summed E-state index contributed by atoms with van der Waals surface area (Å²) >= 11 is 0. The summed E-state index contributed by atoms with van der Waals surface area (Å²) in [6, 6.07) is 21.9. The molecule has 4 aliphatic carbocycles. The van der Waals surface area contributed by atoms with Gasteiger partial charge in [0.05, 0.1) is 19.8 Å². The third-order valence-corrected chi connectivity index (χ3v) is 16.5. The first-order valence-electron chi connectivity index (χ1n) is 16.4. The molecule has 0 radical (unpaired) electrons. The molecule has 2 aromatic carbocycles. The number of benzene rings is 2. The molecule has 2 aromatic rings. The second-order valence-corrected chi connectivity index (χ2v) is 19.6. The maximum absolute atomic E-state index is 7.26. The first kappa shape index (κ1) is 30.1. The first-order valence-corrected chi connectivity index (χ1v) is 18.3. The quantitative estimate of drug-likeness (QED) is 0.220. The van der Waals surface area contributed by atoms with Crippen molar-refractivity contribution in [2.45, 2.75) is 97.3 Å². The molecule has 2 spiro atoms. The van der Waals surface area contributed by atoms with Gasteiger partial charge < -0.3 is 13.9 Å². The largest absolute Gasteiger partial charge is 0.403 e. The monoisotopic (exact) mass is 584 g/mol. The van der Waals surface area contributed by atoms with Crippen molar-refractivity contribution in [3.63, 3.8) is 0 Å². The van der Waals surface area contributed by atoms with E-state index in [1.165, 1.54) is 41.6 Å². The van der Waals surface area contributed by atoms with Gasteiger partial charge in [-0.1, -0.05) is 126 Å². The zero-order valence-electron chi connectivity index (χ0n) is 26.9. The van der Waals surface area contributed by atoms with E-state index >= 15 is 0 Å². The van der Waals surface area contributed by atoms with Gasteiger partial charge in [0.25, 0.3) is 8.32 Å². The van der Waals surface area contributed by atoms with Crippen LogP contribution in [0.2, 0.25) is 5.04 Å². The first-order chi connectivity index (χ1) is 20.0. The van der Waals surface area contributed by atoms with Crippen LogP contribution in [0.1, 0.15) is 86.5 Å². The van der Waals surface area contributed by atoms with Gasteiger partial charge in [0.2, 0.25) is 0 Å². The molecule has 0 amide bonds. The molecule has 7 rings (SSSR count). The van der Waals surface area contributed by atoms with E-state index in [1.54, 1.807) is 11.1 Å². The Hall–Kier alpha value is -1.98. The molecule has 3 saturated carbocycles. The summed E-state index contributed by atoms with van der Waals surface area (Å²) in [6.45, 7) is 21.1. The van der Waals surface area contributed by atoms with Gasteiger partial charge in [0, 0.05) is 11.8 Å². The minimum absolute atomic E-state index is 0.0329. The van der Waals surface area contributed by atoms with Gasteiger partial charge in [-0.25, -0.2) is 0 Å². The van der Waals surface area contributed by atoms with Crippen LogP contribution in [0, 0.1) is 22.7 Å². The molecule has 0 unspecified atom stereocenters. The standard InChI is InChI=1S/C38H52O3Si/c1-28(2)32-20-21-37-23-22-36(7,27-38(37)39-24-25-40-38)33(34(32)37)19-18-29(3)26-41-42(35(4,5)6,30-14-10-8-11-15-30)31-16-12-9-13-17-31/h8-17,28,33H,3,18-27H2,1-2,4-7H3/t33-,36+,37+/m1/s1. The van der Waals surface area contributed by atoms with Crippen molar-refractivity contribution in [3.8, 4) is 0 Å². The number of fused-ring (bicyclic) bond motifs is 1. The van der Waals surface area contributed by atoms with Gasteiger partial charge in [0.15, 0.2) is 5.79 Å². The second kappa shape index (κ2) is 10.9. The Labute approximate surface area is 255 Å². The van der Waals surface area contributed by atoms with Gasteiger partial charge in [-0.05, 0) is 71.2 Å². The summed E-state index contributed by atoms with van der Waals surface area (Å²) in [4.78, 5) is 0. The normalized spacial score (nSPS) is 28.6. The SMILES string of the molecule is C=C(CC[C@@H]1C2=C(C(C)C)CC[C@]23CC[C@@]1(C)CC31OCCO1)CO[Si](c1ccccc1)(c1ccccc1)C(C)(C)C. The second-order valence-electron chi connectivity index (χ2n) is 15.2. The molecule has 1 aliphatic heterocycles. The zero-order chi connectivity index (χ0) is 29.8. The highest BCUT2D eigenvalue weighted by Crippen LogP contribution is 2.74. The molecule has 42 heavy (non-hydrogen) atoms. The van der Waals surface area contributed by atoms with Crippen LogP contribution in [0.25, 0.3) is 0 Å². The minimum atomic E-state index is -2.58. The molecule has 0 aromatic heterocycles. The summed E-state index contributed by atoms with van der Waals surface area (Å²) in [5.41, 5.74) is 4.90. The highest BCUT2D eigenvalue weighted by Gasteiger charge is 2.71. The Balaban J connectivity index is 1.26. The Morgan fingerprint density at radius 2 is 1.55 bits per heavy atom. The Morgan fingerprint density at radius 3 is 2.10 bits per heavy atom. The van der Waals surface area contributed by atoms with Gasteiger partial charge in [-0.2, -0.15) is 0 Å². The minimum Gasteiger partial charge on any atom is -0.403 e. The molecule has 2 bridgehead atoms. The van der Waals surface area contributed by atoms with Crippen LogP contribution in [0.15, 0.2) is 84.0 Å². The molecule has 1 saturated heterocycles. The van der Waals surface area contributed by atoms with E-state index in [0.717, 1.165) is 32.5 Å². The van der Waals surface area contributed by atoms with Crippen molar-refractivity contribution in [2.24, 2.45) is 22.7 Å². The molecule has 4 heteroatoms. The number of rotatable bonds is 9. The molecule has 3 atom stereocenters. The molecule has 3 nitrogen and oxygen atoms in total. The number of hydrogen-bond acceptors (Lipinski definition) is 3. The van der Waals surface area contributed by atoms with Crippen LogP contribution >= 0.6 is 0 Å². The van der Waals surface area contributed by atoms with Crippen LogP contribution in [-0.4, -0.2) is 33.9 Å². The predicted molar refractivity (Wildman–Crippen MR) is 176 cm³/mol. The van der Waals surface area contributed by atoms with E-state index in [-0.39, 0.29) is 15.9 Å². The maximum Gasteiger partial charge on any atom is 0.261 e. The topological polar surface area (TPSA) is 27.7 Å². The third-order valence-electron chi connectivity index (χ3n) is 11.5. The van der Waals surface area contributed by atoms with Gasteiger partial charge in [-0.3, -0.25) is 0 Å². The van der Waals surface area contributed by atoms with Crippen molar-refractivity contribution >= 4 is 18.7 Å². The fourth-order valence-electron chi connectivity index (χ4n) is 9.58. The summed E-state index contributed by atoms with van der Waals surface area (Å²) in [6.07, 6.45) is 8.05. The molecular formula is C38H52O3Si. The number of hydrogen-bond donors (Lipinski definition) is 0. The van der Waals surface area contributed by atoms with Crippen molar-refractivity contribution in [1.29, 1.82) is 0 Å². The average molecular weight is 585 g/mol. The Kier molecular flexibility index (Phi) is 7.78.